The molecule has 0 aliphatic heterocycles. The molecule has 2 atom stereocenters. The van der Waals surface area contributed by atoms with Gasteiger partial charge in [0.05, 0.1) is 5.52 Å². The third-order valence-corrected chi connectivity index (χ3v) is 4.44. The Bertz CT molecular complexity index is 733. The lowest BCUT2D eigenvalue weighted by Gasteiger charge is -2.07. The van der Waals surface area contributed by atoms with Crippen LogP contribution in [0.5, 0.6) is 0 Å². The van der Waals surface area contributed by atoms with Gasteiger partial charge in [-0.3, -0.25) is 0 Å². The third-order valence-electron chi connectivity index (χ3n) is 4.15. The summed E-state index contributed by atoms with van der Waals surface area (Å²) in [6.45, 7) is 0. The number of nitrogens with zero attached hydrogens (tertiary/aromatic N) is 2. The van der Waals surface area contributed by atoms with Crippen LogP contribution >= 0.6 is 11.6 Å². The number of benzene rings is 1. The molecule has 2 aliphatic carbocycles. The van der Waals surface area contributed by atoms with Crippen molar-refractivity contribution in [2.75, 3.05) is 0 Å². The highest BCUT2D eigenvalue weighted by molar-refractivity contribution is 6.34. The smallest absolute Gasteiger partial charge is 0.140 e. The molecule has 1 aromatic carbocycles. The van der Waals surface area contributed by atoms with Gasteiger partial charge in [0.2, 0.25) is 0 Å². The van der Waals surface area contributed by atoms with Gasteiger partial charge in [0.15, 0.2) is 0 Å². The maximum atomic E-state index is 6.29. The van der Waals surface area contributed by atoms with Crippen LogP contribution in [-0.4, -0.2) is 9.97 Å². The lowest BCUT2D eigenvalue weighted by Crippen LogP contribution is -1.97. The first-order valence-corrected chi connectivity index (χ1v) is 7.49. The first-order chi connectivity index (χ1) is 9.83. The molecule has 0 spiro atoms. The van der Waals surface area contributed by atoms with Crippen molar-refractivity contribution in [2.24, 2.45) is 5.92 Å². The van der Waals surface area contributed by atoms with E-state index in [2.05, 4.69) is 23.2 Å². The van der Waals surface area contributed by atoms with Crippen molar-refractivity contribution in [1.82, 2.24) is 9.97 Å². The highest BCUT2D eigenvalue weighted by Crippen LogP contribution is 2.52. The maximum absolute atomic E-state index is 6.29. The summed E-state index contributed by atoms with van der Waals surface area (Å²) in [5, 5.41) is 1.51. The van der Waals surface area contributed by atoms with E-state index in [1.165, 1.54) is 12.0 Å². The zero-order chi connectivity index (χ0) is 13.5. The van der Waals surface area contributed by atoms with Gasteiger partial charge in [-0.2, -0.15) is 0 Å². The number of hydrogen-bond donors (Lipinski definition) is 0. The van der Waals surface area contributed by atoms with Gasteiger partial charge in [-0.25, -0.2) is 9.97 Å². The molecular weight excluding hydrogens is 268 g/mol. The van der Waals surface area contributed by atoms with Crippen LogP contribution in [0, 0.1) is 5.92 Å². The minimum atomic E-state index is 0.436. The fourth-order valence-corrected chi connectivity index (χ4v) is 3.22. The van der Waals surface area contributed by atoms with E-state index in [1.807, 2.05) is 24.3 Å². The van der Waals surface area contributed by atoms with E-state index in [1.54, 1.807) is 0 Å². The molecule has 0 amide bonds. The first-order valence-electron chi connectivity index (χ1n) is 7.12. The molecule has 0 N–H and O–H groups in total. The summed E-state index contributed by atoms with van der Waals surface area (Å²) >= 11 is 6.29. The lowest BCUT2D eigenvalue weighted by atomic mass is 10.0. The summed E-state index contributed by atoms with van der Waals surface area (Å²) in [7, 11) is 0. The van der Waals surface area contributed by atoms with Gasteiger partial charge in [-0.15, -0.1) is 0 Å². The molecule has 4 rings (SSSR count). The SMILES string of the molecule is Clc1nc([C@@H]2CC2C2=CCCC=C2)nc2ccccc12. The summed E-state index contributed by atoms with van der Waals surface area (Å²) in [6.07, 6.45) is 10.3. The minimum absolute atomic E-state index is 0.436. The normalized spacial score (nSPS) is 24.8. The molecule has 1 heterocycles. The molecule has 0 radical (unpaired) electrons. The van der Waals surface area contributed by atoms with E-state index in [4.69, 9.17) is 16.6 Å². The largest absolute Gasteiger partial charge is 0.232 e. The highest BCUT2D eigenvalue weighted by Gasteiger charge is 2.42. The molecule has 0 bridgehead atoms. The number of aromatic nitrogens is 2. The summed E-state index contributed by atoms with van der Waals surface area (Å²) in [5.41, 5.74) is 2.40. The number of fused-ring (bicyclic) bond motifs is 1. The molecule has 1 unspecified atom stereocenters. The number of rotatable bonds is 2. The molecule has 3 heteroatoms. The third kappa shape index (κ3) is 2.04. The fraction of sp³-hybridized carbons (Fsp3) is 0.294. The molecular formula is C17H15ClN2. The highest BCUT2D eigenvalue weighted by atomic mass is 35.5. The monoisotopic (exact) mass is 282 g/mol. The molecule has 0 saturated heterocycles. The number of halogens is 1. The molecule has 100 valence electrons. The van der Waals surface area contributed by atoms with Crippen molar-refractivity contribution in [1.29, 1.82) is 0 Å². The van der Waals surface area contributed by atoms with Crippen molar-refractivity contribution in [3.63, 3.8) is 0 Å². The topological polar surface area (TPSA) is 25.8 Å². The average molecular weight is 283 g/mol. The second kappa shape index (κ2) is 4.71. The Morgan fingerprint density at radius 1 is 1.05 bits per heavy atom. The Kier molecular flexibility index (Phi) is 2.85. The van der Waals surface area contributed by atoms with Crippen molar-refractivity contribution in [2.45, 2.75) is 25.2 Å². The molecule has 1 saturated carbocycles. The summed E-state index contributed by atoms with van der Waals surface area (Å²) < 4.78 is 0. The van der Waals surface area contributed by atoms with Crippen LogP contribution in [0.25, 0.3) is 10.9 Å². The summed E-state index contributed by atoms with van der Waals surface area (Å²) in [5.74, 6) is 1.92. The van der Waals surface area contributed by atoms with Gasteiger partial charge in [-0.1, -0.05) is 42.0 Å². The minimum Gasteiger partial charge on any atom is -0.232 e. The average Bonchev–Trinajstić information content (AvgIpc) is 3.29. The van der Waals surface area contributed by atoms with Crippen LogP contribution < -0.4 is 0 Å². The molecule has 1 aromatic heterocycles. The van der Waals surface area contributed by atoms with E-state index < -0.39 is 0 Å². The van der Waals surface area contributed by atoms with Crippen LogP contribution in [0.4, 0.5) is 0 Å². The van der Waals surface area contributed by atoms with E-state index in [0.29, 0.717) is 17.0 Å². The lowest BCUT2D eigenvalue weighted by molar-refractivity contribution is 0.864. The Hall–Kier alpha value is -1.67. The van der Waals surface area contributed by atoms with Gasteiger partial charge in [0.25, 0.3) is 0 Å². The van der Waals surface area contributed by atoms with Crippen molar-refractivity contribution < 1.29 is 0 Å². The quantitative estimate of drug-likeness (QED) is 0.749. The first kappa shape index (κ1) is 12.1. The fourth-order valence-electron chi connectivity index (χ4n) is 2.98. The molecule has 1 fully saturated rings. The van der Waals surface area contributed by atoms with E-state index in [-0.39, 0.29) is 0 Å². The van der Waals surface area contributed by atoms with Crippen molar-refractivity contribution in [3.8, 4) is 0 Å². The summed E-state index contributed by atoms with van der Waals surface area (Å²) in [6, 6.07) is 7.93. The van der Waals surface area contributed by atoms with E-state index in [0.717, 1.165) is 29.6 Å². The Morgan fingerprint density at radius 3 is 2.80 bits per heavy atom. The van der Waals surface area contributed by atoms with Crippen LogP contribution in [0.1, 0.15) is 31.0 Å². The molecule has 2 aliphatic rings. The number of allylic oxidation sites excluding steroid dienone is 4. The number of hydrogen-bond acceptors (Lipinski definition) is 2. The second-order valence-corrected chi connectivity index (χ2v) is 5.88. The molecule has 2 aromatic rings. The molecule has 2 nitrogen and oxygen atoms in total. The zero-order valence-electron chi connectivity index (χ0n) is 11.1. The van der Waals surface area contributed by atoms with Crippen molar-refractivity contribution in [3.05, 3.63) is 59.0 Å². The Balaban J connectivity index is 1.67. The van der Waals surface area contributed by atoms with Crippen LogP contribution in [-0.2, 0) is 0 Å². The maximum Gasteiger partial charge on any atom is 0.140 e. The van der Waals surface area contributed by atoms with E-state index in [9.17, 15) is 0 Å². The summed E-state index contributed by atoms with van der Waals surface area (Å²) in [4.78, 5) is 9.21. The Labute approximate surface area is 123 Å². The predicted molar refractivity (Wildman–Crippen MR) is 81.9 cm³/mol. The van der Waals surface area contributed by atoms with Crippen LogP contribution in [0.3, 0.4) is 0 Å². The van der Waals surface area contributed by atoms with Crippen molar-refractivity contribution >= 4 is 22.5 Å². The van der Waals surface area contributed by atoms with Crippen LogP contribution in [0.2, 0.25) is 5.15 Å². The van der Waals surface area contributed by atoms with Crippen LogP contribution in [0.15, 0.2) is 48.1 Å². The zero-order valence-corrected chi connectivity index (χ0v) is 11.8. The van der Waals surface area contributed by atoms with Gasteiger partial charge in [0, 0.05) is 11.3 Å². The van der Waals surface area contributed by atoms with Gasteiger partial charge in [-0.05, 0) is 42.9 Å². The van der Waals surface area contributed by atoms with Gasteiger partial charge in [0.1, 0.15) is 11.0 Å². The molecule has 20 heavy (non-hydrogen) atoms. The van der Waals surface area contributed by atoms with Gasteiger partial charge < -0.3 is 0 Å². The number of para-hydroxylation sites is 1. The second-order valence-electron chi connectivity index (χ2n) is 5.52. The Morgan fingerprint density at radius 2 is 1.95 bits per heavy atom. The predicted octanol–water partition coefficient (Wildman–Crippen LogP) is 4.66. The van der Waals surface area contributed by atoms with E-state index >= 15 is 0 Å². The van der Waals surface area contributed by atoms with Gasteiger partial charge >= 0.3 is 0 Å². The standard InChI is InChI=1S/C17H15ClN2/c18-16-12-8-4-5-9-15(12)19-17(20-16)14-10-13(14)11-6-2-1-3-7-11/h2,4-9,13-14H,1,3,10H2/t13?,14-/m1/s1.